The van der Waals surface area contributed by atoms with Crippen molar-refractivity contribution >= 4 is 5.97 Å². The summed E-state index contributed by atoms with van der Waals surface area (Å²) in [5.74, 6) is -0.456. The van der Waals surface area contributed by atoms with Crippen molar-refractivity contribution in [3.8, 4) is 0 Å². The summed E-state index contributed by atoms with van der Waals surface area (Å²) in [4.78, 5) is 11.7. The van der Waals surface area contributed by atoms with Gasteiger partial charge in [0.1, 0.15) is 0 Å². The van der Waals surface area contributed by atoms with E-state index in [0.29, 0.717) is 11.5 Å². The number of allylic oxidation sites excluding steroid dienone is 3. The Bertz CT molecular complexity index is 484. The van der Waals surface area contributed by atoms with Crippen LogP contribution in [0.1, 0.15) is 62.3 Å². The molecule has 0 saturated carbocycles. The third kappa shape index (κ3) is 2.34. The summed E-state index contributed by atoms with van der Waals surface area (Å²) < 4.78 is 0. The molecular formula is C18H30O2. The number of hydrogen-bond acceptors (Lipinski definition) is 1. The van der Waals surface area contributed by atoms with E-state index in [4.69, 9.17) is 0 Å². The molecule has 2 heteroatoms. The highest BCUT2D eigenvalue weighted by Gasteiger charge is 2.55. The van der Waals surface area contributed by atoms with E-state index in [-0.39, 0.29) is 16.2 Å². The average Bonchev–Trinajstić information content (AvgIpc) is 2.22. The Hall–Kier alpha value is -1.05. The number of hydrogen-bond donors (Lipinski definition) is 1. The van der Waals surface area contributed by atoms with Crippen LogP contribution in [0, 0.1) is 22.2 Å². The third-order valence-electron chi connectivity index (χ3n) is 5.72. The van der Waals surface area contributed by atoms with Gasteiger partial charge in [-0.15, -0.1) is 0 Å². The van der Waals surface area contributed by atoms with Gasteiger partial charge in [-0.05, 0) is 37.5 Å². The van der Waals surface area contributed by atoms with Crippen LogP contribution < -0.4 is 0 Å². The van der Waals surface area contributed by atoms with Crippen molar-refractivity contribution in [2.75, 3.05) is 0 Å². The number of rotatable bonds is 2. The first kappa shape index (κ1) is 17.0. The van der Waals surface area contributed by atoms with Crippen LogP contribution in [0.4, 0.5) is 0 Å². The van der Waals surface area contributed by atoms with Crippen LogP contribution >= 0.6 is 0 Å². The fraction of sp³-hybridized carbons (Fsp3) is 0.722. The van der Waals surface area contributed by atoms with Crippen LogP contribution in [0.25, 0.3) is 0 Å². The van der Waals surface area contributed by atoms with Crippen LogP contribution in [-0.4, -0.2) is 11.1 Å². The van der Waals surface area contributed by atoms with E-state index in [1.54, 1.807) is 0 Å². The second kappa shape index (κ2) is 4.75. The Morgan fingerprint density at radius 1 is 1.05 bits per heavy atom. The maximum Gasteiger partial charge on any atom is 0.331 e. The van der Waals surface area contributed by atoms with Crippen molar-refractivity contribution in [3.63, 3.8) is 0 Å². The van der Waals surface area contributed by atoms with E-state index in [1.807, 2.05) is 6.08 Å². The molecule has 0 aromatic rings. The number of carboxylic acid groups (broad SMARTS) is 1. The standard InChI is InChI=1S/C18H30O2/c1-11(2)12(3)14-16(4,5)10-13(15(19)20)17(6,7)18(14,8)9/h10,14H,1-9H3,(H,19,20). The predicted octanol–water partition coefficient (Wildman–Crippen LogP) is 5.06. The van der Waals surface area contributed by atoms with Gasteiger partial charge >= 0.3 is 5.97 Å². The van der Waals surface area contributed by atoms with Gasteiger partial charge in [0.05, 0.1) is 0 Å². The minimum Gasteiger partial charge on any atom is -0.478 e. The zero-order valence-electron chi connectivity index (χ0n) is 14.5. The Morgan fingerprint density at radius 2 is 1.50 bits per heavy atom. The van der Waals surface area contributed by atoms with Crippen molar-refractivity contribution in [2.45, 2.75) is 62.3 Å². The molecule has 114 valence electrons. The van der Waals surface area contributed by atoms with Crippen LogP contribution in [0.3, 0.4) is 0 Å². The molecule has 0 aliphatic heterocycles. The Morgan fingerprint density at radius 3 is 1.85 bits per heavy atom. The lowest BCUT2D eigenvalue weighted by atomic mass is 9.47. The SMILES string of the molecule is CC(C)=C(C)C1C(C)(C)C=C(C(=O)O)C(C)(C)C1(C)C. The van der Waals surface area contributed by atoms with E-state index < -0.39 is 5.97 Å². The van der Waals surface area contributed by atoms with E-state index in [1.165, 1.54) is 11.1 Å². The summed E-state index contributed by atoms with van der Waals surface area (Å²) in [7, 11) is 0. The first-order valence-electron chi connectivity index (χ1n) is 7.37. The van der Waals surface area contributed by atoms with Gasteiger partial charge < -0.3 is 5.11 Å². The first-order valence-corrected chi connectivity index (χ1v) is 7.37. The molecule has 1 rings (SSSR count). The zero-order chi connectivity index (χ0) is 16.1. The summed E-state index contributed by atoms with van der Waals surface area (Å²) in [5.41, 5.74) is 2.61. The van der Waals surface area contributed by atoms with Gasteiger partial charge in [0, 0.05) is 11.0 Å². The van der Waals surface area contributed by atoms with Crippen LogP contribution in [-0.2, 0) is 4.79 Å². The van der Waals surface area contributed by atoms with Gasteiger partial charge in [-0.2, -0.15) is 0 Å². The predicted molar refractivity (Wildman–Crippen MR) is 84.6 cm³/mol. The van der Waals surface area contributed by atoms with Crippen LogP contribution in [0.15, 0.2) is 22.8 Å². The molecule has 1 unspecified atom stereocenters. The maximum atomic E-state index is 11.7. The zero-order valence-corrected chi connectivity index (χ0v) is 14.5. The van der Waals surface area contributed by atoms with Crippen LogP contribution in [0.2, 0.25) is 0 Å². The first-order chi connectivity index (χ1) is 8.76. The highest BCUT2D eigenvalue weighted by molar-refractivity contribution is 5.89. The lowest BCUT2D eigenvalue weighted by molar-refractivity contribution is -0.136. The molecule has 0 aromatic carbocycles. The second-order valence-electron chi connectivity index (χ2n) is 8.15. The van der Waals surface area contributed by atoms with Gasteiger partial charge in [0.25, 0.3) is 0 Å². The largest absolute Gasteiger partial charge is 0.478 e. The monoisotopic (exact) mass is 278 g/mol. The molecule has 0 amide bonds. The molecule has 1 aliphatic rings. The lowest BCUT2D eigenvalue weighted by Crippen LogP contribution is -2.51. The smallest absolute Gasteiger partial charge is 0.331 e. The van der Waals surface area contributed by atoms with E-state index in [0.717, 1.165) is 0 Å². The summed E-state index contributed by atoms with van der Waals surface area (Å²) in [6.07, 6.45) is 1.98. The highest BCUT2D eigenvalue weighted by Crippen LogP contribution is 2.61. The van der Waals surface area contributed by atoms with E-state index >= 15 is 0 Å². The lowest BCUT2D eigenvalue weighted by Gasteiger charge is -2.57. The Labute approximate surface area is 124 Å². The molecule has 1 N–H and O–H groups in total. The summed E-state index contributed by atoms with van der Waals surface area (Å²) in [6, 6.07) is 0. The third-order valence-corrected chi connectivity index (χ3v) is 5.72. The highest BCUT2D eigenvalue weighted by atomic mass is 16.4. The minimum atomic E-state index is -0.788. The van der Waals surface area contributed by atoms with E-state index in [9.17, 15) is 9.90 Å². The van der Waals surface area contributed by atoms with Gasteiger partial charge in [0.2, 0.25) is 0 Å². The van der Waals surface area contributed by atoms with Crippen molar-refractivity contribution in [1.82, 2.24) is 0 Å². The summed E-state index contributed by atoms with van der Waals surface area (Å²) in [5, 5.41) is 9.59. The topological polar surface area (TPSA) is 37.3 Å². The molecular weight excluding hydrogens is 248 g/mol. The fourth-order valence-corrected chi connectivity index (χ4v) is 3.99. The van der Waals surface area contributed by atoms with Crippen molar-refractivity contribution in [3.05, 3.63) is 22.8 Å². The molecule has 2 nitrogen and oxygen atoms in total. The van der Waals surface area contributed by atoms with Gasteiger partial charge in [-0.1, -0.05) is 58.8 Å². The molecule has 0 bridgehead atoms. The van der Waals surface area contributed by atoms with Crippen molar-refractivity contribution in [2.24, 2.45) is 22.2 Å². The Balaban J connectivity index is 3.67. The normalized spacial score (nSPS) is 26.6. The molecule has 20 heavy (non-hydrogen) atoms. The quantitative estimate of drug-likeness (QED) is 0.717. The molecule has 0 radical (unpaired) electrons. The van der Waals surface area contributed by atoms with Gasteiger partial charge in [-0.3, -0.25) is 0 Å². The van der Waals surface area contributed by atoms with E-state index in [2.05, 4.69) is 62.3 Å². The number of carboxylic acids is 1. The molecule has 1 aliphatic carbocycles. The molecule has 1 atom stereocenters. The minimum absolute atomic E-state index is 0.125. The van der Waals surface area contributed by atoms with Crippen LogP contribution in [0.5, 0.6) is 0 Å². The molecule has 0 heterocycles. The van der Waals surface area contributed by atoms with Gasteiger partial charge in [-0.25, -0.2) is 4.79 Å². The maximum absolute atomic E-state index is 11.7. The number of carbonyl (C=O) groups is 1. The molecule has 0 spiro atoms. The molecule has 0 saturated heterocycles. The molecule has 0 aromatic heterocycles. The van der Waals surface area contributed by atoms with Gasteiger partial charge in [0.15, 0.2) is 0 Å². The van der Waals surface area contributed by atoms with Crippen molar-refractivity contribution in [1.29, 1.82) is 0 Å². The molecule has 0 fully saturated rings. The summed E-state index contributed by atoms with van der Waals surface area (Å²) in [6.45, 7) is 19.3. The Kier molecular flexibility index (Phi) is 4.04. The summed E-state index contributed by atoms with van der Waals surface area (Å²) >= 11 is 0. The van der Waals surface area contributed by atoms with Crippen molar-refractivity contribution < 1.29 is 9.90 Å². The number of aliphatic carboxylic acids is 1. The second-order valence-corrected chi connectivity index (χ2v) is 8.15. The fourth-order valence-electron chi connectivity index (χ4n) is 3.99. The average molecular weight is 278 g/mol.